The number of carbonyl (C=O) groups excluding carboxylic acids is 2. The molecule has 0 aromatic heterocycles. The molecule has 2 amide bonds. The molecule has 3 aromatic carbocycles. The number of carbonyl (C=O) groups is 2. The number of ether oxygens (including phenoxy) is 1. The highest BCUT2D eigenvalue weighted by Crippen LogP contribution is 2.24. The third kappa shape index (κ3) is 5.95. The van der Waals surface area contributed by atoms with Gasteiger partial charge in [-0.05, 0) is 92.6 Å². The van der Waals surface area contributed by atoms with Gasteiger partial charge in [-0.25, -0.2) is 0 Å². The number of rotatable bonds is 9. The zero-order chi connectivity index (χ0) is 23.1. The lowest BCUT2D eigenvalue weighted by atomic mass is 10.0. The van der Waals surface area contributed by atoms with Crippen molar-refractivity contribution in [1.29, 1.82) is 0 Å². The van der Waals surface area contributed by atoms with Crippen LogP contribution < -0.4 is 15.8 Å². The van der Waals surface area contributed by atoms with Crippen LogP contribution in [0.5, 0.6) is 5.75 Å². The number of methoxy groups -OCH3 is 1. The number of nitrogens with one attached hydrogen (secondary N) is 1. The van der Waals surface area contributed by atoms with Crippen LogP contribution in [0.2, 0.25) is 0 Å². The minimum atomic E-state index is -0.450. The lowest BCUT2D eigenvalue weighted by molar-refractivity contribution is 0.0997. The van der Waals surface area contributed by atoms with Crippen LogP contribution in [0.1, 0.15) is 32.7 Å². The summed E-state index contributed by atoms with van der Waals surface area (Å²) in [6, 6.07) is 20.2. The van der Waals surface area contributed by atoms with E-state index in [2.05, 4.69) is 10.2 Å². The van der Waals surface area contributed by atoms with Crippen LogP contribution in [0.4, 0.5) is 5.69 Å². The number of anilines is 1. The number of primary amides is 1. The summed E-state index contributed by atoms with van der Waals surface area (Å²) in [5.41, 5.74) is 10.0. The first-order valence-electron chi connectivity index (χ1n) is 10.5. The van der Waals surface area contributed by atoms with Crippen LogP contribution >= 0.6 is 0 Å². The smallest absolute Gasteiger partial charge is 0.255 e. The minimum absolute atomic E-state index is 0.167. The third-order valence-electron chi connectivity index (χ3n) is 5.24. The lowest BCUT2D eigenvalue weighted by Crippen LogP contribution is -2.14. The summed E-state index contributed by atoms with van der Waals surface area (Å²) in [6.07, 6.45) is 1.82. The molecule has 0 spiro atoms. The molecule has 0 bridgehead atoms. The Labute approximate surface area is 189 Å². The summed E-state index contributed by atoms with van der Waals surface area (Å²) < 4.78 is 5.46. The highest BCUT2D eigenvalue weighted by atomic mass is 16.5. The predicted octanol–water partition coefficient (Wildman–Crippen LogP) is 4.21. The van der Waals surface area contributed by atoms with E-state index in [0.29, 0.717) is 16.8 Å². The van der Waals surface area contributed by atoms with Gasteiger partial charge in [0.15, 0.2) is 0 Å². The van der Waals surface area contributed by atoms with Crippen LogP contribution in [0.15, 0.2) is 66.7 Å². The third-order valence-corrected chi connectivity index (χ3v) is 5.24. The van der Waals surface area contributed by atoms with Gasteiger partial charge in [0.05, 0.1) is 7.11 Å². The molecule has 0 unspecified atom stereocenters. The molecule has 6 nitrogen and oxygen atoms in total. The highest BCUT2D eigenvalue weighted by Gasteiger charge is 2.11. The number of aryl methyl sites for hydroxylation is 1. The van der Waals surface area contributed by atoms with E-state index in [1.807, 2.05) is 62.6 Å². The zero-order valence-electron chi connectivity index (χ0n) is 18.7. The fourth-order valence-electron chi connectivity index (χ4n) is 3.48. The minimum Gasteiger partial charge on any atom is -0.496 e. The van der Waals surface area contributed by atoms with Gasteiger partial charge in [0.1, 0.15) is 5.75 Å². The molecule has 166 valence electrons. The van der Waals surface area contributed by atoms with Crippen molar-refractivity contribution in [2.75, 3.05) is 33.1 Å². The number of hydrogen-bond acceptors (Lipinski definition) is 4. The number of nitrogens with two attached hydrogens (primary N) is 1. The Morgan fingerprint density at radius 2 is 1.50 bits per heavy atom. The Hall–Kier alpha value is -3.64. The Morgan fingerprint density at radius 3 is 2.06 bits per heavy atom. The van der Waals surface area contributed by atoms with Crippen LogP contribution in [0.25, 0.3) is 11.1 Å². The first kappa shape index (κ1) is 23.0. The number of hydrogen-bond donors (Lipinski definition) is 2. The van der Waals surface area contributed by atoms with Gasteiger partial charge < -0.3 is 20.7 Å². The molecule has 0 saturated heterocycles. The molecule has 6 heteroatoms. The Balaban J connectivity index is 1.69. The molecule has 0 radical (unpaired) electrons. The van der Waals surface area contributed by atoms with E-state index in [0.717, 1.165) is 41.8 Å². The summed E-state index contributed by atoms with van der Waals surface area (Å²) in [4.78, 5) is 26.2. The fraction of sp³-hybridized carbons (Fsp3) is 0.231. The maximum atomic E-state index is 12.8. The predicted molar refractivity (Wildman–Crippen MR) is 128 cm³/mol. The van der Waals surface area contributed by atoms with E-state index in [9.17, 15) is 9.59 Å². The molecule has 0 fully saturated rings. The van der Waals surface area contributed by atoms with Gasteiger partial charge in [-0.1, -0.05) is 24.3 Å². The van der Waals surface area contributed by atoms with Crippen LogP contribution in [-0.2, 0) is 6.42 Å². The van der Waals surface area contributed by atoms with Crippen molar-refractivity contribution < 1.29 is 14.3 Å². The van der Waals surface area contributed by atoms with Crippen molar-refractivity contribution in [3.05, 3.63) is 83.4 Å². The second-order valence-electron chi connectivity index (χ2n) is 7.91. The Morgan fingerprint density at radius 1 is 0.906 bits per heavy atom. The second-order valence-corrected chi connectivity index (χ2v) is 7.91. The molecule has 0 aliphatic heterocycles. The maximum Gasteiger partial charge on any atom is 0.255 e. The van der Waals surface area contributed by atoms with Gasteiger partial charge in [0.2, 0.25) is 5.91 Å². The lowest BCUT2D eigenvalue weighted by Gasteiger charge is -2.13. The molecule has 0 atom stereocenters. The Bertz CT molecular complexity index is 1070. The van der Waals surface area contributed by atoms with E-state index in [4.69, 9.17) is 10.5 Å². The first-order valence-corrected chi connectivity index (χ1v) is 10.5. The fourth-order valence-corrected chi connectivity index (χ4v) is 3.48. The number of nitrogens with zero attached hydrogens (tertiary/aromatic N) is 1. The quantitative estimate of drug-likeness (QED) is 0.532. The summed E-state index contributed by atoms with van der Waals surface area (Å²) in [5.74, 6) is 0.182. The SMILES string of the molecule is COc1ccc(C(=O)Nc2ccc(-c3ccc(C(N)=O)cc3)cc2)cc1CCCN(C)C. The van der Waals surface area contributed by atoms with E-state index >= 15 is 0 Å². The summed E-state index contributed by atoms with van der Waals surface area (Å²) >= 11 is 0. The van der Waals surface area contributed by atoms with Gasteiger partial charge in [0.25, 0.3) is 5.91 Å². The van der Waals surface area contributed by atoms with Crippen LogP contribution in [0, 0.1) is 0 Å². The largest absolute Gasteiger partial charge is 0.496 e. The van der Waals surface area contributed by atoms with Gasteiger partial charge in [0, 0.05) is 16.8 Å². The van der Waals surface area contributed by atoms with Crippen molar-refractivity contribution in [2.45, 2.75) is 12.8 Å². The van der Waals surface area contributed by atoms with Gasteiger partial charge in [-0.2, -0.15) is 0 Å². The molecule has 32 heavy (non-hydrogen) atoms. The average molecular weight is 432 g/mol. The van der Waals surface area contributed by atoms with E-state index in [1.165, 1.54) is 0 Å². The topological polar surface area (TPSA) is 84.7 Å². The molecule has 0 saturated carbocycles. The maximum absolute atomic E-state index is 12.8. The van der Waals surface area contributed by atoms with Gasteiger partial charge >= 0.3 is 0 Å². The van der Waals surface area contributed by atoms with Crippen molar-refractivity contribution in [1.82, 2.24) is 4.90 Å². The van der Waals surface area contributed by atoms with Gasteiger partial charge in [-0.15, -0.1) is 0 Å². The highest BCUT2D eigenvalue weighted by molar-refractivity contribution is 6.04. The molecular weight excluding hydrogens is 402 g/mol. The molecular formula is C26H29N3O3. The molecule has 0 heterocycles. The summed E-state index contributed by atoms with van der Waals surface area (Å²) in [7, 11) is 5.73. The van der Waals surface area contributed by atoms with Crippen molar-refractivity contribution >= 4 is 17.5 Å². The van der Waals surface area contributed by atoms with E-state index in [1.54, 1.807) is 25.3 Å². The van der Waals surface area contributed by atoms with E-state index in [-0.39, 0.29) is 5.91 Å². The molecule has 3 rings (SSSR count). The number of amides is 2. The molecule has 0 aliphatic carbocycles. The zero-order valence-corrected chi connectivity index (χ0v) is 18.7. The summed E-state index contributed by atoms with van der Waals surface area (Å²) in [6.45, 7) is 0.969. The molecule has 0 aliphatic rings. The van der Waals surface area contributed by atoms with Crippen molar-refractivity contribution in [2.24, 2.45) is 5.73 Å². The van der Waals surface area contributed by atoms with Crippen LogP contribution in [0.3, 0.4) is 0 Å². The normalized spacial score (nSPS) is 10.8. The van der Waals surface area contributed by atoms with E-state index < -0.39 is 5.91 Å². The van der Waals surface area contributed by atoms with Crippen molar-refractivity contribution in [3.63, 3.8) is 0 Å². The Kier molecular flexibility index (Phi) is 7.63. The monoisotopic (exact) mass is 431 g/mol. The second kappa shape index (κ2) is 10.6. The molecule has 3 N–H and O–H groups in total. The van der Waals surface area contributed by atoms with Crippen LogP contribution in [-0.4, -0.2) is 44.5 Å². The first-order chi connectivity index (χ1) is 15.4. The van der Waals surface area contributed by atoms with Crippen molar-refractivity contribution in [3.8, 4) is 16.9 Å². The number of benzene rings is 3. The van der Waals surface area contributed by atoms with Gasteiger partial charge in [-0.3, -0.25) is 9.59 Å². The average Bonchev–Trinajstić information content (AvgIpc) is 2.79. The standard InChI is InChI=1S/C26H29N3O3/c1-29(2)16-4-5-21-17-22(12-15-24(21)32-3)26(31)28-23-13-10-19(11-14-23)18-6-8-20(9-7-18)25(27)30/h6-15,17H,4-5,16H2,1-3H3,(H2,27,30)(H,28,31). The summed E-state index contributed by atoms with van der Waals surface area (Å²) in [5, 5.41) is 2.95. The molecule has 3 aromatic rings.